The van der Waals surface area contributed by atoms with Gasteiger partial charge in [-0.25, -0.2) is 15.0 Å². The summed E-state index contributed by atoms with van der Waals surface area (Å²) in [6.45, 7) is 0. The van der Waals surface area contributed by atoms with Crippen molar-refractivity contribution in [3.8, 4) is 78.7 Å². The van der Waals surface area contributed by atoms with Gasteiger partial charge in [0.25, 0.3) is 0 Å². The maximum Gasteiger partial charge on any atom is 0.164 e. The zero-order chi connectivity index (χ0) is 40.8. The molecule has 0 N–H and O–H groups in total. The Labute approximate surface area is 358 Å². The Kier molecular flexibility index (Phi) is 7.49. The molecule has 62 heavy (non-hydrogen) atoms. The number of fused-ring (bicyclic) bond motifs is 13. The van der Waals surface area contributed by atoms with Gasteiger partial charge in [0, 0.05) is 27.5 Å². The molecule has 11 aromatic rings. The van der Waals surface area contributed by atoms with Crippen LogP contribution in [0.25, 0.3) is 101 Å². The summed E-state index contributed by atoms with van der Waals surface area (Å²) in [4.78, 5) is 15.5. The van der Waals surface area contributed by atoms with E-state index in [4.69, 9.17) is 19.4 Å². The molecule has 4 nitrogen and oxygen atoms in total. The van der Waals surface area contributed by atoms with Gasteiger partial charge in [0.1, 0.15) is 11.2 Å². The summed E-state index contributed by atoms with van der Waals surface area (Å²) in [6, 6.07) is 75.6. The Balaban J connectivity index is 0.952. The fraction of sp³-hybridized carbons (Fsp3) is 0.0172. The van der Waals surface area contributed by atoms with Gasteiger partial charge >= 0.3 is 0 Å². The normalized spacial score (nSPS) is 13.0. The van der Waals surface area contributed by atoms with Crippen LogP contribution in [0, 0.1) is 0 Å². The summed E-state index contributed by atoms with van der Waals surface area (Å²) in [5, 5.41) is 2.22. The van der Waals surface area contributed by atoms with Crippen molar-refractivity contribution in [3.63, 3.8) is 0 Å². The minimum Gasteiger partial charge on any atom is -0.456 e. The number of furan rings is 1. The van der Waals surface area contributed by atoms with E-state index >= 15 is 0 Å². The Bertz CT molecular complexity index is 3540. The number of aromatic nitrogens is 3. The maximum atomic E-state index is 6.22. The third-order valence-corrected chi connectivity index (χ3v) is 13.0. The Morgan fingerprint density at radius 1 is 0.290 bits per heavy atom. The molecule has 2 heterocycles. The lowest BCUT2D eigenvalue weighted by atomic mass is 9.70. The lowest BCUT2D eigenvalue weighted by Gasteiger charge is -2.30. The Morgan fingerprint density at radius 3 is 1.45 bits per heavy atom. The van der Waals surface area contributed by atoms with Crippen LogP contribution in [0.5, 0.6) is 0 Å². The highest BCUT2D eigenvalue weighted by atomic mass is 16.3. The van der Waals surface area contributed by atoms with Crippen molar-refractivity contribution < 1.29 is 4.42 Å². The molecule has 288 valence electrons. The van der Waals surface area contributed by atoms with Crippen molar-refractivity contribution in [3.05, 3.63) is 235 Å². The first-order chi connectivity index (χ1) is 30.7. The van der Waals surface area contributed by atoms with Gasteiger partial charge in [-0.3, -0.25) is 0 Å². The van der Waals surface area contributed by atoms with E-state index in [1.165, 1.54) is 44.5 Å². The van der Waals surface area contributed by atoms with Crippen LogP contribution in [0.4, 0.5) is 0 Å². The van der Waals surface area contributed by atoms with Crippen LogP contribution in [0.3, 0.4) is 0 Å². The van der Waals surface area contributed by atoms with E-state index in [1.54, 1.807) is 0 Å². The van der Waals surface area contributed by atoms with Crippen LogP contribution in [0.2, 0.25) is 0 Å². The number of para-hydroxylation sites is 1. The lowest BCUT2D eigenvalue weighted by Crippen LogP contribution is -2.25. The molecule has 9 aromatic carbocycles. The first-order valence-electron chi connectivity index (χ1n) is 21.1. The number of hydrogen-bond acceptors (Lipinski definition) is 4. The molecule has 0 aliphatic heterocycles. The van der Waals surface area contributed by atoms with E-state index in [0.29, 0.717) is 17.5 Å². The third-order valence-electron chi connectivity index (χ3n) is 13.0. The third kappa shape index (κ3) is 4.98. The van der Waals surface area contributed by atoms with Crippen molar-refractivity contribution in [2.45, 2.75) is 5.41 Å². The molecule has 2 aliphatic rings. The first-order valence-corrected chi connectivity index (χ1v) is 21.1. The van der Waals surface area contributed by atoms with E-state index in [9.17, 15) is 0 Å². The van der Waals surface area contributed by atoms with Crippen molar-refractivity contribution in [1.82, 2.24) is 15.0 Å². The van der Waals surface area contributed by atoms with Gasteiger partial charge in [0.2, 0.25) is 0 Å². The van der Waals surface area contributed by atoms with Gasteiger partial charge in [-0.15, -0.1) is 0 Å². The van der Waals surface area contributed by atoms with Crippen LogP contribution in [0.15, 0.2) is 217 Å². The maximum absolute atomic E-state index is 6.22. The molecule has 2 aliphatic carbocycles. The second-order valence-electron chi connectivity index (χ2n) is 16.2. The fourth-order valence-electron chi connectivity index (χ4n) is 10.4. The summed E-state index contributed by atoms with van der Waals surface area (Å²) in [5.74, 6) is 1.87. The molecule has 0 amide bonds. The highest BCUT2D eigenvalue weighted by Crippen LogP contribution is 2.63. The SMILES string of the molecule is c1ccc(-c2nc(-c3ccc(-c4cccc5oc6ccccc6c45)cc3)nc(-c3ccccc3-c3ccc4c(c3)-c3ccccc3C43c4ccccc4-c4ccccc43)n2)cc1. The van der Waals surface area contributed by atoms with Crippen molar-refractivity contribution in [2.24, 2.45) is 0 Å². The summed E-state index contributed by atoms with van der Waals surface area (Å²) in [6.07, 6.45) is 0. The molecule has 0 radical (unpaired) electrons. The van der Waals surface area contributed by atoms with E-state index < -0.39 is 0 Å². The van der Waals surface area contributed by atoms with Crippen molar-refractivity contribution in [2.75, 3.05) is 0 Å². The molecule has 2 aromatic heterocycles. The zero-order valence-corrected chi connectivity index (χ0v) is 33.5. The molecule has 1 spiro atoms. The zero-order valence-electron chi connectivity index (χ0n) is 33.5. The Hall–Kier alpha value is -8.21. The summed E-state index contributed by atoms with van der Waals surface area (Å²) in [7, 11) is 0. The molecule has 0 atom stereocenters. The monoisotopic (exact) mass is 789 g/mol. The van der Waals surface area contributed by atoms with Crippen molar-refractivity contribution in [1.29, 1.82) is 0 Å². The minimum absolute atomic E-state index is 0.390. The molecule has 13 rings (SSSR count). The second-order valence-corrected chi connectivity index (χ2v) is 16.2. The predicted molar refractivity (Wildman–Crippen MR) is 251 cm³/mol. The Morgan fingerprint density at radius 2 is 0.758 bits per heavy atom. The van der Waals surface area contributed by atoms with Gasteiger partial charge in [-0.2, -0.15) is 0 Å². The summed E-state index contributed by atoms with van der Waals surface area (Å²) < 4.78 is 6.22. The highest BCUT2D eigenvalue weighted by molar-refractivity contribution is 6.12. The van der Waals surface area contributed by atoms with E-state index in [0.717, 1.165) is 60.9 Å². The van der Waals surface area contributed by atoms with Crippen molar-refractivity contribution >= 4 is 21.9 Å². The van der Waals surface area contributed by atoms with Gasteiger partial charge in [-0.1, -0.05) is 194 Å². The molecular formula is C58H35N3O. The molecule has 0 saturated carbocycles. The summed E-state index contributed by atoms with van der Waals surface area (Å²) >= 11 is 0. The topological polar surface area (TPSA) is 51.8 Å². The number of benzene rings is 9. The molecular weight excluding hydrogens is 755 g/mol. The molecule has 0 unspecified atom stereocenters. The standard InChI is InChI=1S/C58H35N3O/c1-2-15-37(16-3-1)55-59-56(38-31-29-36(30-32-38)41-23-14-28-53-54(41)46-22-9-13-27-52(46)62-53)61-57(60-55)45-21-5-4-17-40(45)39-33-34-51-47(35-39)44-20-8-12-26-50(44)58(51)48-24-10-6-18-42(48)43-19-7-11-25-49(43)58/h1-35H. The number of nitrogens with zero attached hydrogens (tertiary/aromatic N) is 3. The molecule has 0 saturated heterocycles. The van der Waals surface area contributed by atoms with Crippen LogP contribution < -0.4 is 0 Å². The van der Waals surface area contributed by atoms with Gasteiger partial charge < -0.3 is 4.42 Å². The van der Waals surface area contributed by atoms with Gasteiger partial charge in [0.05, 0.1) is 5.41 Å². The second kappa shape index (κ2) is 13.4. The van der Waals surface area contributed by atoms with Gasteiger partial charge in [0.15, 0.2) is 17.5 Å². The average Bonchev–Trinajstić information content (AvgIpc) is 3.98. The summed E-state index contributed by atoms with van der Waals surface area (Å²) in [5.41, 5.74) is 19.0. The van der Waals surface area contributed by atoms with Crippen LogP contribution in [0.1, 0.15) is 22.3 Å². The van der Waals surface area contributed by atoms with E-state index in [-0.39, 0.29) is 5.41 Å². The smallest absolute Gasteiger partial charge is 0.164 e. The number of hydrogen-bond donors (Lipinski definition) is 0. The molecule has 0 fully saturated rings. The minimum atomic E-state index is -0.390. The van der Waals surface area contributed by atoms with E-state index in [2.05, 4.69) is 176 Å². The quantitative estimate of drug-likeness (QED) is 0.174. The largest absolute Gasteiger partial charge is 0.456 e. The average molecular weight is 790 g/mol. The first kappa shape index (κ1) is 34.6. The number of rotatable bonds is 5. The predicted octanol–water partition coefficient (Wildman–Crippen LogP) is 14.4. The highest BCUT2D eigenvalue weighted by Gasteiger charge is 2.51. The molecule has 0 bridgehead atoms. The lowest BCUT2D eigenvalue weighted by molar-refractivity contribution is 0.669. The van der Waals surface area contributed by atoms with Crippen LogP contribution in [-0.4, -0.2) is 15.0 Å². The van der Waals surface area contributed by atoms with E-state index in [1.807, 2.05) is 36.4 Å². The van der Waals surface area contributed by atoms with Crippen LogP contribution in [-0.2, 0) is 5.41 Å². The molecule has 4 heteroatoms. The van der Waals surface area contributed by atoms with Crippen LogP contribution >= 0.6 is 0 Å². The van der Waals surface area contributed by atoms with Gasteiger partial charge in [-0.05, 0) is 85.0 Å². The fourth-order valence-corrected chi connectivity index (χ4v) is 10.4.